The molecule has 0 radical (unpaired) electrons. The number of amides is 2. The van der Waals surface area contributed by atoms with Gasteiger partial charge in [0.05, 0.1) is 0 Å². The number of carbonyl (C=O) groups is 2. The highest BCUT2D eigenvalue weighted by Gasteiger charge is 2.10. The van der Waals surface area contributed by atoms with E-state index in [1.807, 2.05) is 68.5 Å². The van der Waals surface area contributed by atoms with Gasteiger partial charge in [0.1, 0.15) is 0 Å². The van der Waals surface area contributed by atoms with Crippen LogP contribution in [0.4, 0.5) is 5.69 Å². The van der Waals surface area contributed by atoms with Crippen molar-refractivity contribution in [1.29, 1.82) is 0 Å². The van der Waals surface area contributed by atoms with E-state index in [-0.39, 0.29) is 11.8 Å². The van der Waals surface area contributed by atoms with Gasteiger partial charge in [-0.25, -0.2) is 0 Å². The monoisotopic (exact) mass is 353 g/mol. The van der Waals surface area contributed by atoms with E-state index in [2.05, 4.69) is 5.32 Å². The normalized spacial score (nSPS) is 10.3. The second-order valence-electron chi connectivity index (χ2n) is 6.54. The third kappa shape index (κ3) is 5.92. The number of hydrogen-bond donors (Lipinski definition) is 1. The number of benzene rings is 2. The van der Waals surface area contributed by atoms with Gasteiger partial charge in [0, 0.05) is 51.9 Å². The highest BCUT2D eigenvalue weighted by atomic mass is 16.2. The largest absolute Gasteiger partial charge is 0.378 e. The summed E-state index contributed by atoms with van der Waals surface area (Å²) in [4.78, 5) is 27.9. The molecule has 2 aromatic rings. The fraction of sp³-hybridized carbons (Fsp3) is 0.333. The SMILES string of the molecule is CN(Cc1ccc(N(C)C)cc1)C(=O)CCCNC(=O)c1ccccc1. The average Bonchev–Trinajstić information content (AvgIpc) is 2.66. The number of nitrogens with one attached hydrogen (secondary N) is 1. The van der Waals surface area contributed by atoms with Crippen molar-refractivity contribution >= 4 is 17.5 Å². The average molecular weight is 353 g/mol. The molecule has 2 aromatic carbocycles. The van der Waals surface area contributed by atoms with E-state index in [0.29, 0.717) is 31.5 Å². The Kier molecular flexibility index (Phi) is 7.21. The zero-order valence-corrected chi connectivity index (χ0v) is 15.7. The van der Waals surface area contributed by atoms with Crippen molar-refractivity contribution in [1.82, 2.24) is 10.2 Å². The molecule has 138 valence electrons. The molecule has 0 fully saturated rings. The minimum atomic E-state index is -0.104. The van der Waals surface area contributed by atoms with Gasteiger partial charge < -0.3 is 15.1 Å². The number of nitrogens with zero attached hydrogens (tertiary/aromatic N) is 2. The molecule has 0 unspecified atom stereocenters. The zero-order valence-electron chi connectivity index (χ0n) is 15.7. The van der Waals surface area contributed by atoms with Crippen molar-refractivity contribution < 1.29 is 9.59 Å². The second-order valence-corrected chi connectivity index (χ2v) is 6.54. The number of hydrogen-bond acceptors (Lipinski definition) is 3. The molecule has 26 heavy (non-hydrogen) atoms. The summed E-state index contributed by atoms with van der Waals surface area (Å²) < 4.78 is 0. The van der Waals surface area contributed by atoms with E-state index in [1.54, 1.807) is 17.0 Å². The van der Waals surface area contributed by atoms with Crippen LogP contribution < -0.4 is 10.2 Å². The smallest absolute Gasteiger partial charge is 0.251 e. The van der Waals surface area contributed by atoms with E-state index in [4.69, 9.17) is 0 Å². The molecule has 0 aromatic heterocycles. The number of anilines is 1. The van der Waals surface area contributed by atoms with Gasteiger partial charge in [0.2, 0.25) is 5.91 Å². The summed E-state index contributed by atoms with van der Waals surface area (Å²) in [5.41, 5.74) is 2.87. The first-order chi connectivity index (χ1) is 12.5. The van der Waals surface area contributed by atoms with Crippen LogP contribution in [0.1, 0.15) is 28.8 Å². The van der Waals surface area contributed by atoms with Gasteiger partial charge >= 0.3 is 0 Å². The van der Waals surface area contributed by atoms with Crippen molar-refractivity contribution in [3.8, 4) is 0 Å². The Morgan fingerprint density at radius 1 is 0.923 bits per heavy atom. The maximum atomic E-state index is 12.2. The summed E-state index contributed by atoms with van der Waals surface area (Å²) >= 11 is 0. The standard InChI is InChI=1S/C21H27N3O2/c1-23(2)19-13-11-17(12-14-19)16-24(3)20(25)10-7-15-22-21(26)18-8-5-4-6-9-18/h4-6,8-9,11-14H,7,10,15-16H2,1-3H3,(H,22,26). The van der Waals surface area contributed by atoms with Crippen molar-refractivity contribution in [3.05, 3.63) is 65.7 Å². The van der Waals surface area contributed by atoms with Crippen LogP contribution in [0.15, 0.2) is 54.6 Å². The third-order valence-electron chi connectivity index (χ3n) is 4.19. The van der Waals surface area contributed by atoms with E-state index in [0.717, 1.165) is 11.3 Å². The first kappa shape index (κ1) is 19.5. The summed E-state index contributed by atoms with van der Waals surface area (Å²) in [5.74, 6) is -0.0250. The Bertz CT molecular complexity index is 712. The van der Waals surface area contributed by atoms with Crippen molar-refractivity contribution in [2.75, 3.05) is 32.6 Å². The molecule has 0 saturated heterocycles. The molecular weight excluding hydrogens is 326 g/mol. The van der Waals surface area contributed by atoms with Crippen LogP contribution in [0.2, 0.25) is 0 Å². The molecule has 0 aliphatic heterocycles. The van der Waals surface area contributed by atoms with Gasteiger partial charge in [0.15, 0.2) is 0 Å². The van der Waals surface area contributed by atoms with Crippen LogP contribution in [0.5, 0.6) is 0 Å². The molecule has 0 aliphatic rings. The van der Waals surface area contributed by atoms with Gasteiger partial charge in [-0.3, -0.25) is 9.59 Å². The lowest BCUT2D eigenvalue weighted by Crippen LogP contribution is -2.28. The minimum Gasteiger partial charge on any atom is -0.378 e. The molecule has 5 nitrogen and oxygen atoms in total. The molecule has 0 atom stereocenters. The van der Waals surface area contributed by atoms with Gasteiger partial charge in [0.25, 0.3) is 5.91 Å². The van der Waals surface area contributed by atoms with Crippen LogP contribution in [0.3, 0.4) is 0 Å². The van der Waals surface area contributed by atoms with Crippen molar-refractivity contribution in [2.45, 2.75) is 19.4 Å². The van der Waals surface area contributed by atoms with E-state index in [1.165, 1.54) is 0 Å². The lowest BCUT2D eigenvalue weighted by atomic mass is 10.1. The molecule has 0 spiro atoms. The second kappa shape index (κ2) is 9.61. The van der Waals surface area contributed by atoms with Crippen molar-refractivity contribution in [3.63, 3.8) is 0 Å². The Morgan fingerprint density at radius 2 is 1.58 bits per heavy atom. The Balaban J connectivity index is 1.71. The lowest BCUT2D eigenvalue weighted by Gasteiger charge is -2.18. The summed E-state index contributed by atoms with van der Waals surface area (Å²) in [7, 11) is 5.81. The van der Waals surface area contributed by atoms with Gasteiger partial charge in [-0.1, -0.05) is 30.3 Å². The van der Waals surface area contributed by atoms with Crippen LogP contribution in [0.25, 0.3) is 0 Å². The molecule has 5 heteroatoms. The summed E-state index contributed by atoms with van der Waals surface area (Å²) in [6, 6.07) is 17.3. The maximum absolute atomic E-state index is 12.2. The quantitative estimate of drug-likeness (QED) is 0.743. The molecular formula is C21H27N3O2. The highest BCUT2D eigenvalue weighted by molar-refractivity contribution is 5.94. The number of carbonyl (C=O) groups excluding carboxylic acids is 2. The Labute approximate surface area is 155 Å². The molecule has 0 saturated carbocycles. The molecule has 2 amide bonds. The molecule has 2 rings (SSSR count). The van der Waals surface area contributed by atoms with Gasteiger partial charge in [-0.15, -0.1) is 0 Å². The topological polar surface area (TPSA) is 52.6 Å². The summed E-state index contributed by atoms with van der Waals surface area (Å²) in [6.07, 6.45) is 1.04. The Hall–Kier alpha value is -2.82. The van der Waals surface area contributed by atoms with E-state index < -0.39 is 0 Å². The minimum absolute atomic E-state index is 0.0793. The molecule has 0 aliphatic carbocycles. The number of rotatable bonds is 8. The van der Waals surface area contributed by atoms with Crippen LogP contribution in [-0.2, 0) is 11.3 Å². The maximum Gasteiger partial charge on any atom is 0.251 e. The summed E-state index contributed by atoms with van der Waals surface area (Å²) in [6.45, 7) is 1.08. The zero-order chi connectivity index (χ0) is 18.9. The Morgan fingerprint density at radius 3 is 2.19 bits per heavy atom. The fourth-order valence-electron chi connectivity index (χ4n) is 2.59. The van der Waals surface area contributed by atoms with Crippen LogP contribution in [-0.4, -0.2) is 44.4 Å². The first-order valence-electron chi connectivity index (χ1n) is 8.81. The van der Waals surface area contributed by atoms with Gasteiger partial charge in [-0.2, -0.15) is 0 Å². The van der Waals surface area contributed by atoms with Crippen LogP contribution in [0, 0.1) is 0 Å². The first-order valence-corrected chi connectivity index (χ1v) is 8.81. The van der Waals surface area contributed by atoms with Crippen molar-refractivity contribution in [2.24, 2.45) is 0 Å². The summed E-state index contributed by atoms with van der Waals surface area (Å²) in [5, 5.41) is 2.85. The predicted molar refractivity (Wildman–Crippen MR) is 105 cm³/mol. The molecule has 0 bridgehead atoms. The highest BCUT2D eigenvalue weighted by Crippen LogP contribution is 2.13. The van der Waals surface area contributed by atoms with Gasteiger partial charge in [-0.05, 0) is 36.2 Å². The van der Waals surface area contributed by atoms with Crippen LogP contribution >= 0.6 is 0 Å². The lowest BCUT2D eigenvalue weighted by molar-refractivity contribution is -0.130. The molecule has 1 N–H and O–H groups in total. The molecule has 0 heterocycles. The fourth-order valence-corrected chi connectivity index (χ4v) is 2.59. The van der Waals surface area contributed by atoms with E-state index in [9.17, 15) is 9.59 Å². The van der Waals surface area contributed by atoms with E-state index >= 15 is 0 Å². The predicted octanol–water partition coefficient (Wildman–Crippen LogP) is 2.92. The third-order valence-corrected chi connectivity index (χ3v) is 4.19.